The quantitative estimate of drug-likeness (QED) is 0.148. The maximum Gasteiger partial charge on any atom is 0.333 e. The summed E-state index contributed by atoms with van der Waals surface area (Å²) in [5, 5.41) is 2.24. The van der Waals surface area contributed by atoms with Gasteiger partial charge in [0, 0.05) is 61.7 Å². The predicted octanol–water partition coefficient (Wildman–Crippen LogP) is 20.3. The van der Waals surface area contributed by atoms with E-state index in [9.17, 15) is 0 Å². The summed E-state index contributed by atoms with van der Waals surface area (Å²) < 4.78 is 6.91. The van der Waals surface area contributed by atoms with Crippen molar-refractivity contribution < 1.29 is 4.42 Å². The molecule has 81 heavy (non-hydrogen) atoms. The molecule has 0 atom stereocenters. The van der Waals surface area contributed by atoms with Gasteiger partial charge in [0.2, 0.25) is 0 Å². The molecule has 10 aromatic carbocycles. The Morgan fingerprint density at radius 1 is 0.346 bits per heavy atom. The van der Waals surface area contributed by atoms with Crippen LogP contribution in [0.5, 0.6) is 0 Å². The van der Waals surface area contributed by atoms with Crippen LogP contribution in [0, 0.1) is 0 Å². The first-order valence-electron chi connectivity index (χ1n) is 28.9. The molecule has 1 aromatic heterocycles. The van der Waals surface area contributed by atoms with Gasteiger partial charge < -0.3 is 19.0 Å². The van der Waals surface area contributed by atoms with Crippen LogP contribution in [0.3, 0.4) is 0 Å². The Bertz CT molecular complexity index is 4130. The molecular formula is C76H72BN3O. The molecule has 0 spiro atoms. The lowest BCUT2D eigenvalue weighted by Crippen LogP contribution is -2.61. The number of rotatable bonds is 7. The van der Waals surface area contributed by atoms with E-state index in [1.165, 1.54) is 61.0 Å². The summed E-state index contributed by atoms with van der Waals surface area (Å²) in [5.74, 6) is 0. The summed E-state index contributed by atoms with van der Waals surface area (Å²) in [4.78, 5) is 7.70. The first kappa shape index (κ1) is 51.9. The van der Waals surface area contributed by atoms with Crippen LogP contribution in [-0.2, 0) is 21.7 Å². The second kappa shape index (κ2) is 19.1. The summed E-state index contributed by atoms with van der Waals surface area (Å²) in [5.41, 5.74) is 25.3. The van der Waals surface area contributed by atoms with Crippen LogP contribution in [0.15, 0.2) is 223 Å². The molecular weight excluding hydrogens is 982 g/mol. The van der Waals surface area contributed by atoms with Crippen molar-refractivity contribution in [2.24, 2.45) is 0 Å². The van der Waals surface area contributed by atoms with E-state index in [0.717, 1.165) is 73.0 Å². The minimum Gasteiger partial charge on any atom is -0.456 e. The number of furan rings is 1. The molecule has 13 rings (SSSR count). The maximum absolute atomic E-state index is 6.91. The second-order valence-corrected chi connectivity index (χ2v) is 26.7. The number of fused-ring (bicyclic) bond motifs is 8. The zero-order chi connectivity index (χ0) is 56.3. The second-order valence-electron chi connectivity index (χ2n) is 26.7. The number of benzene rings is 10. The van der Waals surface area contributed by atoms with Crippen molar-refractivity contribution in [1.82, 2.24) is 0 Å². The molecule has 400 valence electrons. The van der Waals surface area contributed by atoms with Gasteiger partial charge in [0.05, 0.1) is 5.69 Å². The van der Waals surface area contributed by atoms with Crippen molar-refractivity contribution in [3.05, 3.63) is 241 Å². The number of hydrogen-bond donors (Lipinski definition) is 0. The van der Waals surface area contributed by atoms with Gasteiger partial charge in [-0.2, -0.15) is 0 Å². The summed E-state index contributed by atoms with van der Waals surface area (Å²) in [6, 6.07) is 82.3. The van der Waals surface area contributed by atoms with E-state index in [2.05, 4.69) is 316 Å². The van der Waals surface area contributed by atoms with E-state index in [0.29, 0.717) is 0 Å². The van der Waals surface area contributed by atoms with E-state index < -0.39 is 0 Å². The van der Waals surface area contributed by atoms with Crippen LogP contribution in [-0.4, -0.2) is 6.85 Å². The predicted molar refractivity (Wildman–Crippen MR) is 348 cm³/mol. The van der Waals surface area contributed by atoms with E-state index >= 15 is 0 Å². The average Bonchev–Trinajstić information content (AvgIpc) is 4.03. The molecule has 4 nitrogen and oxygen atoms in total. The number of anilines is 8. The monoisotopic (exact) mass is 1050 g/mol. The van der Waals surface area contributed by atoms with Crippen molar-refractivity contribution in [3.63, 3.8) is 0 Å². The lowest BCUT2D eigenvalue weighted by molar-refractivity contribution is 0.590. The number of nitrogens with zero attached hydrogens (tertiary/aromatic N) is 3. The molecule has 0 aliphatic carbocycles. The number of para-hydroxylation sites is 1. The van der Waals surface area contributed by atoms with Gasteiger partial charge >= 0.3 is 6.85 Å². The molecule has 0 N–H and O–H groups in total. The van der Waals surface area contributed by atoms with Gasteiger partial charge in [0.25, 0.3) is 0 Å². The fraction of sp³-hybridized carbons (Fsp3) is 0.211. The topological polar surface area (TPSA) is 22.9 Å². The highest BCUT2D eigenvalue weighted by atomic mass is 16.3. The normalized spacial score (nSPS) is 13.4. The molecule has 3 heterocycles. The van der Waals surface area contributed by atoms with E-state index in [-0.39, 0.29) is 28.5 Å². The van der Waals surface area contributed by atoms with Gasteiger partial charge in [-0.25, -0.2) is 0 Å². The van der Waals surface area contributed by atoms with Crippen molar-refractivity contribution in [3.8, 4) is 33.4 Å². The Balaban J connectivity index is 1.16. The Kier molecular flexibility index (Phi) is 12.2. The fourth-order valence-electron chi connectivity index (χ4n) is 12.6. The van der Waals surface area contributed by atoms with Gasteiger partial charge in [-0.3, -0.25) is 0 Å². The van der Waals surface area contributed by atoms with E-state index in [1.807, 2.05) is 0 Å². The Morgan fingerprint density at radius 3 is 1.44 bits per heavy atom. The molecule has 2 aliphatic heterocycles. The third-order valence-electron chi connectivity index (χ3n) is 17.1. The van der Waals surface area contributed by atoms with Gasteiger partial charge in [-0.15, -0.1) is 0 Å². The third kappa shape index (κ3) is 9.03. The first-order chi connectivity index (χ1) is 38.7. The fourth-order valence-corrected chi connectivity index (χ4v) is 12.6. The molecule has 0 saturated carbocycles. The zero-order valence-electron chi connectivity index (χ0n) is 49.1. The molecule has 0 radical (unpaired) electrons. The zero-order valence-corrected chi connectivity index (χ0v) is 49.1. The SMILES string of the molecule is CC(C)(C)c1ccc(N2B3c4c(cc(-c5ccccc5)cc4N(c4ccc(C(C)(C)C)cc4-c4ccccc4)c4ccc5oc6ccccc6c5c43)-c3cc(N(c4ccc(C(C)(C)C)cc4)c4ccc(C(C)(C)C)cc4)ccc32)cc1. The molecule has 2 aliphatic rings. The van der Waals surface area contributed by atoms with Gasteiger partial charge in [-0.05, 0) is 174 Å². The van der Waals surface area contributed by atoms with Gasteiger partial charge in [0.1, 0.15) is 11.2 Å². The average molecular weight is 1050 g/mol. The smallest absolute Gasteiger partial charge is 0.333 e. The molecule has 5 heteroatoms. The molecule has 0 unspecified atom stereocenters. The summed E-state index contributed by atoms with van der Waals surface area (Å²) in [6.07, 6.45) is 0. The standard InChI is InChI=1S/C76H72BN3O/c1-73(2,3)52-27-34-56(35-28-52)78(57-36-29-53(30-37-57)74(4,5)6)59-40-42-65-62(48-59)63-45-51(49-21-15-13-16-22-49)46-67-71(63)77(80(65)58-38-31-54(32-39-58)75(7,8)9)72-66(43-44-69-70(72)60-25-19-20-26-68(60)81-69)79(67)64-41-33-55(76(10,11)12)47-61(64)50-23-17-14-18-24-50/h13-48H,1-12H3. The van der Waals surface area contributed by atoms with Crippen LogP contribution in [0.4, 0.5) is 45.5 Å². The van der Waals surface area contributed by atoms with Gasteiger partial charge in [0.15, 0.2) is 0 Å². The molecule has 0 bridgehead atoms. The van der Waals surface area contributed by atoms with Gasteiger partial charge in [-0.1, -0.05) is 204 Å². The Hall–Kier alpha value is -8.54. The van der Waals surface area contributed by atoms with Crippen LogP contribution < -0.4 is 25.5 Å². The first-order valence-corrected chi connectivity index (χ1v) is 28.9. The summed E-state index contributed by atoms with van der Waals surface area (Å²) in [6.45, 7) is 27.3. The Morgan fingerprint density at radius 2 is 0.852 bits per heavy atom. The highest BCUT2D eigenvalue weighted by Gasteiger charge is 2.47. The van der Waals surface area contributed by atoms with E-state index in [1.54, 1.807) is 0 Å². The largest absolute Gasteiger partial charge is 0.456 e. The van der Waals surface area contributed by atoms with Crippen LogP contribution >= 0.6 is 0 Å². The lowest BCUT2D eigenvalue weighted by atomic mass is 9.42. The molecule has 0 saturated heterocycles. The lowest BCUT2D eigenvalue weighted by Gasteiger charge is -2.46. The molecule has 0 fully saturated rings. The maximum atomic E-state index is 6.91. The molecule has 11 aromatic rings. The third-order valence-corrected chi connectivity index (χ3v) is 17.1. The van der Waals surface area contributed by atoms with Crippen molar-refractivity contribution >= 4 is 85.2 Å². The van der Waals surface area contributed by atoms with Crippen LogP contribution in [0.2, 0.25) is 0 Å². The number of hydrogen-bond acceptors (Lipinski definition) is 4. The minimum atomic E-state index is -0.269. The highest BCUT2D eigenvalue weighted by molar-refractivity contribution is 6.95. The van der Waals surface area contributed by atoms with Crippen LogP contribution in [0.25, 0.3) is 55.3 Å². The minimum absolute atomic E-state index is 0.00873. The molecule has 0 amide bonds. The van der Waals surface area contributed by atoms with Crippen LogP contribution in [0.1, 0.15) is 105 Å². The highest BCUT2D eigenvalue weighted by Crippen LogP contribution is 2.53. The van der Waals surface area contributed by atoms with Crippen molar-refractivity contribution in [2.45, 2.75) is 105 Å². The summed E-state index contributed by atoms with van der Waals surface area (Å²) in [7, 11) is 0. The van der Waals surface area contributed by atoms with Crippen molar-refractivity contribution in [1.29, 1.82) is 0 Å². The Labute approximate surface area is 480 Å². The van der Waals surface area contributed by atoms with E-state index in [4.69, 9.17) is 4.42 Å². The van der Waals surface area contributed by atoms with Crippen molar-refractivity contribution in [2.75, 3.05) is 14.6 Å². The summed E-state index contributed by atoms with van der Waals surface area (Å²) >= 11 is 0.